The van der Waals surface area contributed by atoms with Gasteiger partial charge in [-0.15, -0.1) is 6.58 Å². The molecule has 0 aliphatic heterocycles. The third kappa shape index (κ3) is 9.18. The van der Waals surface area contributed by atoms with E-state index in [4.69, 9.17) is 4.18 Å². The number of rotatable bonds is 9. The number of carbonyl (C=O) groups is 1. The Morgan fingerprint density at radius 2 is 2.06 bits per heavy atom. The number of nitrogens with one attached hydrogen (secondary N) is 1. The second-order valence-corrected chi connectivity index (χ2v) is 6.78. The van der Waals surface area contributed by atoms with Gasteiger partial charge in [0.05, 0.1) is 12.4 Å². The van der Waals surface area contributed by atoms with Crippen LogP contribution in [0.3, 0.4) is 0 Å². The molecule has 0 bridgehead atoms. The Labute approximate surface area is 110 Å². The summed E-state index contributed by atoms with van der Waals surface area (Å²) in [5.41, 5.74) is -0.244. The Morgan fingerprint density at radius 3 is 2.56 bits per heavy atom. The van der Waals surface area contributed by atoms with Crippen LogP contribution in [0, 0.1) is 5.41 Å². The molecule has 0 aliphatic carbocycles. The van der Waals surface area contributed by atoms with Crippen LogP contribution < -0.4 is 5.32 Å². The van der Waals surface area contributed by atoms with E-state index in [1.54, 1.807) is 6.08 Å². The summed E-state index contributed by atoms with van der Waals surface area (Å²) in [7, 11) is -3.52. The van der Waals surface area contributed by atoms with E-state index in [9.17, 15) is 13.2 Å². The van der Waals surface area contributed by atoms with Gasteiger partial charge in [0, 0.05) is 13.5 Å². The summed E-state index contributed by atoms with van der Waals surface area (Å²) >= 11 is 0. The van der Waals surface area contributed by atoms with Gasteiger partial charge in [0.1, 0.15) is 0 Å². The number of hydrogen-bond acceptors (Lipinski definition) is 4. The van der Waals surface area contributed by atoms with Crippen LogP contribution in [0.15, 0.2) is 12.7 Å². The number of allylic oxidation sites excluding steroid dienone is 1. The molecule has 0 aromatic heterocycles. The zero-order valence-electron chi connectivity index (χ0n) is 11.4. The highest BCUT2D eigenvalue weighted by Crippen LogP contribution is 2.21. The van der Waals surface area contributed by atoms with Crippen LogP contribution in [-0.4, -0.2) is 33.2 Å². The van der Waals surface area contributed by atoms with Crippen LogP contribution in [0.2, 0.25) is 0 Å². The summed E-state index contributed by atoms with van der Waals surface area (Å²) in [6.45, 7) is 9.33. The fourth-order valence-electron chi connectivity index (χ4n) is 1.27. The van der Waals surface area contributed by atoms with Gasteiger partial charge in [0.15, 0.2) is 0 Å². The molecule has 1 N–H and O–H groups in total. The van der Waals surface area contributed by atoms with Crippen molar-refractivity contribution in [2.24, 2.45) is 5.41 Å². The predicted molar refractivity (Wildman–Crippen MR) is 71.6 cm³/mol. The molecule has 18 heavy (non-hydrogen) atoms. The van der Waals surface area contributed by atoms with Crippen LogP contribution in [0.1, 0.15) is 33.6 Å². The Hall–Kier alpha value is -0.880. The van der Waals surface area contributed by atoms with Crippen LogP contribution in [-0.2, 0) is 19.1 Å². The third-order valence-electron chi connectivity index (χ3n) is 2.27. The Kier molecular flexibility index (Phi) is 7.16. The first-order valence-corrected chi connectivity index (χ1v) is 7.49. The van der Waals surface area contributed by atoms with Crippen molar-refractivity contribution in [1.29, 1.82) is 0 Å². The second-order valence-electron chi connectivity index (χ2n) is 5.02. The fourth-order valence-corrected chi connectivity index (χ4v) is 2.39. The average molecular weight is 277 g/mol. The summed E-state index contributed by atoms with van der Waals surface area (Å²) < 4.78 is 28.1. The van der Waals surface area contributed by atoms with Gasteiger partial charge in [-0.2, -0.15) is 8.42 Å². The molecule has 0 saturated heterocycles. The summed E-state index contributed by atoms with van der Waals surface area (Å²) in [4.78, 5) is 10.6. The summed E-state index contributed by atoms with van der Waals surface area (Å²) in [6, 6.07) is 0. The van der Waals surface area contributed by atoms with E-state index in [2.05, 4.69) is 11.9 Å². The van der Waals surface area contributed by atoms with E-state index in [0.29, 0.717) is 19.4 Å². The lowest BCUT2D eigenvalue weighted by Gasteiger charge is -2.22. The molecule has 0 aliphatic rings. The molecule has 0 fully saturated rings. The molecule has 0 unspecified atom stereocenters. The maximum Gasteiger partial charge on any atom is 0.267 e. The van der Waals surface area contributed by atoms with Crippen molar-refractivity contribution < 1.29 is 17.4 Å². The molecule has 0 spiro atoms. The molecule has 0 aromatic rings. The van der Waals surface area contributed by atoms with Crippen LogP contribution in [0.25, 0.3) is 0 Å². The van der Waals surface area contributed by atoms with E-state index in [0.717, 1.165) is 0 Å². The maximum atomic E-state index is 11.6. The van der Waals surface area contributed by atoms with Gasteiger partial charge in [-0.05, 0) is 18.3 Å². The van der Waals surface area contributed by atoms with Gasteiger partial charge >= 0.3 is 0 Å². The highest BCUT2D eigenvalue weighted by atomic mass is 32.2. The first kappa shape index (κ1) is 17.1. The number of hydrogen-bond donors (Lipinski definition) is 1. The molecule has 0 radical (unpaired) electrons. The zero-order chi connectivity index (χ0) is 14.2. The van der Waals surface area contributed by atoms with Crippen molar-refractivity contribution in [3.8, 4) is 0 Å². The molecule has 0 saturated carbocycles. The molecule has 5 nitrogen and oxygen atoms in total. The van der Waals surface area contributed by atoms with Crippen LogP contribution in [0.4, 0.5) is 0 Å². The van der Waals surface area contributed by atoms with Crippen molar-refractivity contribution in [3.63, 3.8) is 0 Å². The first-order valence-electron chi connectivity index (χ1n) is 5.91. The van der Waals surface area contributed by atoms with E-state index >= 15 is 0 Å². The predicted octanol–water partition coefficient (Wildman–Crippen LogP) is 1.46. The van der Waals surface area contributed by atoms with Crippen molar-refractivity contribution >= 4 is 16.0 Å². The van der Waals surface area contributed by atoms with E-state index < -0.39 is 10.1 Å². The van der Waals surface area contributed by atoms with Gasteiger partial charge in [-0.3, -0.25) is 8.98 Å². The number of carbonyl (C=O) groups excluding carboxylic acids is 1. The highest BCUT2D eigenvalue weighted by Gasteiger charge is 2.21. The van der Waals surface area contributed by atoms with Crippen LogP contribution >= 0.6 is 0 Å². The standard InChI is InChI=1S/C12H23NO4S/c1-5-7-12(3,4)10-17-18(15,16)9-6-8-13-11(2)14/h5H,1,6-10H2,2-4H3,(H,13,14). The topological polar surface area (TPSA) is 72.5 Å². The molecule has 0 aromatic carbocycles. The van der Waals surface area contributed by atoms with Crippen LogP contribution in [0.5, 0.6) is 0 Å². The van der Waals surface area contributed by atoms with Crippen molar-refractivity contribution in [3.05, 3.63) is 12.7 Å². The Morgan fingerprint density at radius 1 is 1.44 bits per heavy atom. The molecular formula is C12H23NO4S. The zero-order valence-corrected chi connectivity index (χ0v) is 12.2. The molecule has 0 rings (SSSR count). The second kappa shape index (κ2) is 7.53. The first-order chi connectivity index (χ1) is 8.18. The minimum Gasteiger partial charge on any atom is -0.356 e. The normalized spacial score (nSPS) is 12.2. The highest BCUT2D eigenvalue weighted by molar-refractivity contribution is 7.86. The van der Waals surface area contributed by atoms with E-state index in [1.165, 1.54) is 6.92 Å². The lowest BCUT2D eigenvalue weighted by atomic mass is 9.91. The van der Waals surface area contributed by atoms with Crippen molar-refractivity contribution in [2.75, 3.05) is 18.9 Å². The molecule has 6 heteroatoms. The minimum atomic E-state index is -3.52. The quantitative estimate of drug-likeness (QED) is 0.393. The summed E-state index contributed by atoms with van der Waals surface area (Å²) in [6.07, 6.45) is 2.78. The minimum absolute atomic E-state index is 0.0859. The van der Waals surface area contributed by atoms with Crippen molar-refractivity contribution in [1.82, 2.24) is 5.32 Å². The average Bonchev–Trinajstić information content (AvgIpc) is 2.22. The van der Waals surface area contributed by atoms with Gasteiger partial charge in [0.2, 0.25) is 5.91 Å². The Bertz CT molecular complexity index is 374. The van der Waals surface area contributed by atoms with Gasteiger partial charge in [0.25, 0.3) is 10.1 Å². The molecular weight excluding hydrogens is 254 g/mol. The maximum absolute atomic E-state index is 11.6. The van der Waals surface area contributed by atoms with Crippen molar-refractivity contribution in [2.45, 2.75) is 33.6 Å². The lowest BCUT2D eigenvalue weighted by molar-refractivity contribution is -0.118. The van der Waals surface area contributed by atoms with Gasteiger partial charge in [-0.25, -0.2) is 0 Å². The third-order valence-corrected chi connectivity index (χ3v) is 3.54. The molecule has 106 valence electrons. The summed E-state index contributed by atoms with van der Waals surface area (Å²) in [5, 5.41) is 2.54. The summed E-state index contributed by atoms with van der Waals surface area (Å²) in [5.74, 6) is -0.252. The lowest BCUT2D eigenvalue weighted by Crippen LogP contribution is -2.26. The monoisotopic (exact) mass is 277 g/mol. The van der Waals surface area contributed by atoms with Gasteiger partial charge in [-0.1, -0.05) is 19.9 Å². The fraction of sp³-hybridized carbons (Fsp3) is 0.750. The van der Waals surface area contributed by atoms with E-state index in [-0.39, 0.29) is 23.7 Å². The van der Waals surface area contributed by atoms with E-state index in [1.807, 2.05) is 13.8 Å². The molecule has 0 heterocycles. The SMILES string of the molecule is C=CCC(C)(C)COS(=O)(=O)CCCNC(C)=O. The smallest absolute Gasteiger partial charge is 0.267 e. The number of amides is 1. The Balaban J connectivity index is 4.01. The molecule has 0 atom stereocenters. The molecule has 1 amide bonds. The largest absolute Gasteiger partial charge is 0.356 e. The van der Waals surface area contributed by atoms with Gasteiger partial charge < -0.3 is 5.32 Å².